The average Bonchev–Trinajstić information content (AvgIpc) is 3.14. The molecule has 0 saturated carbocycles. The second kappa shape index (κ2) is 6.12. The molecule has 0 aromatic heterocycles. The molecular weight excluding hydrogens is 322 g/mol. The molecule has 2 aromatic carbocycles. The zero-order valence-corrected chi connectivity index (χ0v) is 14.5. The highest BCUT2D eigenvalue weighted by Gasteiger charge is 2.32. The molecule has 1 N–H and O–H groups in total. The van der Waals surface area contributed by atoms with Crippen molar-refractivity contribution in [1.29, 1.82) is 0 Å². The number of aliphatic imine (C=N–C) groups is 1. The lowest BCUT2D eigenvalue weighted by molar-refractivity contribution is -0.336. The summed E-state index contributed by atoms with van der Waals surface area (Å²) in [5, 5.41) is 4.99. The normalized spacial score (nSPS) is 16.2. The topological polar surface area (TPSA) is 46.1 Å². The molecule has 0 spiro atoms. The summed E-state index contributed by atoms with van der Waals surface area (Å²) >= 11 is 1.73. The van der Waals surface area contributed by atoms with Gasteiger partial charge in [0.2, 0.25) is 0 Å². The Morgan fingerprint density at radius 2 is 1.67 bits per heavy atom. The van der Waals surface area contributed by atoms with E-state index in [1.54, 1.807) is 16.8 Å². The number of fused-ring (bicyclic) bond motifs is 2. The molecule has 2 aliphatic heterocycles. The summed E-state index contributed by atoms with van der Waals surface area (Å²) in [7, 11) is 0. The van der Waals surface area contributed by atoms with Crippen molar-refractivity contribution in [3.05, 3.63) is 48.5 Å². The van der Waals surface area contributed by atoms with Crippen molar-refractivity contribution in [2.24, 2.45) is 4.99 Å². The molecule has 6 heteroatoms. The molecule has 2 heterocycles. The first kappa shape index (κ1) is 15.5. The smallest absolute Gasteiger partial charge is 0.157 e. The van der Waals surface area contributed by atoms with Gasteiger partial charge in [0.15, 0.2) is 5.60 Å². The highest BCUT2D eigenvalue weighted by Crippen LogP contribution is 2.48. The van der Waals surface area contributed by atoms with Crippen LogP contribution in [-0.2, 0) is 9.88 Å². The average molecular weight is 341 g/mol. The Balaban J connectivity index is 1.63. The van der Waals surface area contributed by atoms with Crippen LogP contribution < -0.4 is 10.4 Å². The first-order valence-corrected chi connectivity index (χ1v) is 8.77. The quantitative estimate of drug-likeness (QED) is 0.674. The van der Waals surface area contributed by atoms with E-state index in [1.165, 1.54) is 0 Å². The third kappa shape index (κ3) is 2.77. The fourth-order valence-electron chi connectivity index (χ4n) is 2.72. The molecule has 2 aromatic rings. The van der Waals surface area contributed by atoms with Crippen LogP contribution in [0.25, 0.3) is 0 Å². The number of benzene rings is 2. The molecular formula is C18H19N3O2S. The molecule has 0 amide bonds. The van der Waals surface area contributed by atoms with Gasteiger partial charge in [-0.05, 0) is 38.1 Å². The van der Waals surface area contributed by atoms with Crippen molar-refractivity contribution in [3.8, 4) is 0 Å². The molecule has 124 valence electrons. The molecule has 0 fully saturated rings. The Kier molecular flexibility index (Phi) is 3.96. The summed E-state index contributed by atoms with van der Waals surface area (Å²) in [4.78, 5) is 18.3. The Hall–Kier alpha value is -2.02. The fraction of sp³-hybridized carbons (Fsp3) is 0.278. The minimum atomic E-state index is -0.648. The van der Waals surface area contributed by atoms with Gasteiger partial charge in [-0.25, -0.2) is 0 Å². The van der Waals surface area contributed by atoms with Crippen LogP contribution in [0.1, 0.15) is 13.8 Å². The Labute approximate surface area is 145 Å². The van der Waals surface area contributed by atoms with Crippen molar-refractivity contribution < 1.29 is 9.88 Å². The van der Waals surface area contributed by atoms with Gasteiger partial charge in [0.05, 0.1) is 17.9 Å². The maximum absolute atomic E-state index is 5.81. The predicted octanol–water partition coefficient (Wildman–Crippen LogP) is 3.93. The Morgan fingerprint density at radius 1 is 1.04 bits per heavy atom. The first-order chi connectivity index (χ1) is 11.6. The van der Waals surface area contributed by atoms with E-state index in [2.05, 4.69) is 22.4 Å². The molecule has 0 atom stereocenters. The van der Waals surface area contributed by atoms with Crippen LogP contribution in [0.15, 0.2) is 63.3 Å². The number of rotatable bonds is 4. The first-order valence-electron chi connectivity index (χ1n) is 7.96. The van der Waals surface area contributed by atoms with Crippen molar-refractivity contribution in [3.63, 3.8) is 0 Å². The molecule has 2 aliphatic rings. The summed E-state index contributed by atoms with van der Waals surface area (Å²) in [6.45, 7) is 5.50. The summed E-state index contributed by atoms with van der Waals surface area (Å²) in [5.74, 6) is 0.815. The predicted molar refractivity (Wildman–Crippen MR) is 95.7 cm³/mol. The van der Waals surface area contributed by atoms with E-state index in [4.69, 9.17) is 9.88 Å². The van der Waals surface area contributed by atoms with E-state index >= 15 is 0 Å². The molecule has 0 bridgehead atoms. The SMILES string of the molecule is CC(C)(OON1c2ccccc2Sc2ccccc21)C1=NCCN1. The standard InChI is InChI=1S/C18H19N3O2S/c1-18(2,17-19-11-12-20-17)22-23-21-13-7-3-5-9-15(13)24-16-10-6-4-8-14(16)21/h3-10H,11-12H2,1-2H3,(H,19,20). The van der Waals surface area contributed by atoms with Crippen LogP contribution in [-0.4, -0.2) is 24.5 Å². The Morgan fingerprint density at radius 3 is 2.25 bits per heavy atom. The van der Waals surface area contributed by atoms with Gasteiger partial charge < -0.3 is 5.32 Å². The van der Waals surface area contributed by atoms with Gasteiger partial charge in [-0.3, -0.25) is 4.99 Å². The number of para-hydroxylation sites is 2. The van der Waals surface area contributed by atoms with Crippen molar-refractivity contribution in [2.45, 2.75) is 29.2 Å². The van der Waals surface area contributed by atoms with Crippen molar-refractivity contribution >= 4 is 29.0 Å². The van der Waals surface area contributed by atoms with E-state index in [1.807, 2.05) is 50.2 Å². The minimum Gasteiger partial charge on any atom is -0.369 e. The van der Waals surface area contributed by atoms with Crippen molar-refractivity contribution in [2.75, 3.05) is 18.2 Å². The van der Waals surface area contributed by atoms with E-state index in [9.17, 15) is 0 Å². The van der Waals surface area contributed by atoms with Gasteiger partial charge in [-0.1, -0.05) is 36.0 Å². The molecule has 5 nitrogen and oxygen atoms in total. The maximum Gasteiger partial charge on any atom is 0.157 e. The second-order valence-electron chi connectivity index (χ2n) is 6.16. The maximum atomic E-state index is 5.81. The number of hydrogen-bond acceptors (Lipinski definition) is 6. The van der Waals surface area contributed by atoms with E-state index < -0.39 is 5.60 Å². The number of hydrogen-bond donors (Lipinski definition) is 1. The lowest BCUT2D eigenvalue weighted by Gasteiger charge is -2.33. The van der Waals surface area contributed by atoms with E-state index in [0.717, 1.165) is 40.1 Å². The van der Waals surface area contributed by atoms with Gasteiger partial charge in [-0.2, -0.15) is 9.95 Å². The van der Waals surface area contributed by atoms with Crippen molar-refractivity contribution in [1.82, 2.24) is 5.32 Å². The summed E-state index contributed by atoms with van der Waals surface area (Å²) < 4.78 is 0. The fourth-order valence-corrected chi connectivity index (χ4v) is 3.76. The van der Waals surface area contributed by atoms with Crippen LogP contribution in [0.3, 0.4) is 0 Å². The molecule has 0 radical (unpaired) electrons. The third-order valence-electron chi connectivity index (χ3n) is 3.95. The number of nitrogens with one attached hydrogen (secondary N) is 1. The minimum absolute atomic E-state index is 0.648. The second-order valence-corrected chi connectivity index (χ2v) is 7.24. The van der Waals surface area contributed by atoms with Gasteiger partial charge in [-0.15, -0.1) is 4.99 Å². The van der Waals surface area contributed by atoms with E-state index in [-0.39, 0.29) is 0 Å². The Bertz CT molecular complexity index is 746. The molecule has 0 saturated heterocycles. The van der Waals surface area contributed by atoms with E-state index in [0.29, 0.717) is 0 Å². The molecule has 0 aliphatic carbocycles. The van der Waals surface area contributed by atoms with Crippen LogP contribution in [0.2, 0.25) is 0 Å². The molecule has 4 rings (SSSR count). The summed E-state index contributed by atoms with van der Waals surface area (Å²) in [6.07, 6.45) is 0. The molecule has 0 unspecified atom stereocenters. The summed E-state index contributed by atoms with van der Waals surface area (Å²) in [5.41, 5.74) is 1.29. The number of anilines is 2. The zero-order valence-electron chi connectivity index (χ0n) is 13.7. The third-order valence-corrected chi connectivity index (χ3v) is 5.08. The monoisotopic (exact) mass is 341 g/mol. The number of nitrogens with zero attached hydrogens (tertiary/aromatic N) is 2. The highest BCUT2D eigenvalue weighted by atomic mass is 32.2. The zero-order chi connectivity index (χ0) is 16.6. The lowest BCUT2D eigenvalue weighted by Crippen LogP contribution is -2.43. The van der Waals surface area contributed by atoms with Gasteiger partial charge in [0.1, 0.15) is 5.84 Å². The van der Waals surface area contributed by atoms with Crippen LogP contribution in [0.4, 0.5) is 11.4 Å². The van der Waals surface area contributed by atoms with Crippen LogP contribution >= 0.6 is 11.8 Å². The van der Waals surface area contributed by atoms with Gasteiger partial charge in [0.25, 0.3) is 0 Å². The molecule has 24 heavy (non-hydrogen) atoms. The van der Waals surface area contributed by atoms with Gasteiger partial charge >= 0.3 is 0 Å². The van der Waals surface area contributed by atoms with Gasteiger partial charge in [0, 0.05) is 16.3 Å². The number of amidine groups is 1. The largest absolute Gasteiger partial charge is 0.369 e. The van der Waals surface area contributed by atoms with Crippen LogP contribution in [0.5, 0.6) is 0 Å². The van der Waals surface area contributed by atoms with Crippen LogP contribution in [0, 0.1) is 0 Å². The highest BCUT2D eigenvalue weighted by molar-refractivity contribution is 7.99. The summed E-state index contributed by atoms with van der Waals surface area (Å²) in [6, 6.07) is 16.3. The lowest BCUT2D eigenvalue weighted by atomic mass is 10.1.